The van der Waals surface area contributed by atoms with Crippen LogP contribution in [0, 0.1) is 0 Å². The molecule has 0 atom stereocenters. The molecule has 0 unspecified atom stereocenters. The second kappa shape index (κ2) is 8.50. The van der Waals surface area contributed by atoms with Gasteiger partial charge in [0.1, 0.15) is 17.5 Å². The Morgan fingerprint density at radius 3 is 2.21 bits per heavy atom. The van der Waals surface area contributed by atoms with Crippen LogP contribution >= 0.6 is 11.3 Å². The summed E-state index contributed by atoms with van der Waals surface area (Å²) in [4.78, 5) is 2.18. The summed E-state index contributed by atoms with van der Waals surface area (Å²) in [6.07, 6.45) is 4.36. The molecule has 0 bridgehead atoms. The van der Waals surface area contributed by atoms with Crippen LogP contribution in [-0.4, -0.2) is 13.7 Å². The van der Waals surface area contributed by atoms with Crippen molar-refractivity contribution < 1.29 is 9.30 Å². The lowest BCUT2D eigenvalue weighted by Gasteiger charge is -2.20. The van der Waals surface area contributed by atoms with E-state index in [2.05, 4.69) is 96.4 Å². The van der Waals surface area contributed by atoms with Gasteiger partial charge in [-0.15, -0.1) is 0 Å². The largest absolute Gasteiger partial charge is 0.494 e. The van der Waals surface area contributed by atoms with E-state index in [1.54, 1.807) is 0 Å². The highest BCUT2D eigenvalue weighted by atomic mass is 32.1. The van der Waals surface area contributed by atoms with Crippen LogP contribution in [0.1, 0.15) is 17.5 Å². The van der Waals surface area contributed by atoms with Crippen LogP contribution in [0.5, 0.6) is 5.75 Å². The van der Waals surface area contributed by atoms with E-state index in [1.165, 1.54) is 20.8 Å². The zero-order valence-electron chi connectivity index (χ0n) is 17.0. The van der Waals surface area contributed by atoms with Gasteiger partial charge < -0.3 is 9.64 Å². The maximum Gasteiger partial charge on any atom is 0.262 e. The molecule has 0 spiro atoms. The molecule has 0 fully saturated rings. The third-order valence-electron chi connectivity index (χ3n) is 5.01. The average Bonchev–Trinajstić information content (AvgIpc) is 3.09. The minimum Gasteiger partial charge on any atom is -0.494 e. The molecule has 29 heavy (non-hydrogen) atoms. The normalized spacial score (nSPS) is 11.3. The Hall–Kier alpha value is -3.11. The van der Waals surface area contributed by atoms with E-state index in [9.17, 15) is 0 Å². The zero-order chi connectivity index (χ0) is 20.2. The quantitative estimate of drug-likeness (QED) is 0.365. The molecule has 0 aliphatic rings. The van der Waals surface area contributed by atoms with Gasteiger partial charge in [0.2, 0.25) is 5.52 Å². The summed E-state index contributed by atoms with van der Waals surface area (Å²) in [6, 6.07) is 25.3. The molecule has 0 radical (unpaired) electrons. The van der Waals surface area contributed by atoms with E-state index >= 15 is 0 Å². The number of aromatic nitrogens is 1. The van der Waals surface area contributed by atoms with Crippen LogP contribution in [-0.2, 0) is 7.05 Å². The van der Waals surface area contributed by atoms with E-state index in [0.29, 0.717) is 6.61 Å². The molecular weight excluding hydrogens is 376 g/mol. The Morgan fingerprint density at radius 1 is 0.897 bits per heavy atom. The third kappa shape index (κ3) is 4.17. The van der Waals surface area contributed by atoms with Gasteiger partial charge >= 0.3 is 0 Å². The van der Waals surface area contributed by atoms with Gasteiger partial charge in [0, 0.05) is 30.6 Å². The number of hydrogen-bond donors (Lipinski definition) is 0. The van der Waals surface area contributed by atoms with Crippen LogP contribution < -0.4 is 14.2 Å². The summed E-state index contributed by atoms with van der Waals surface area (Å²) in [5.74, 6) is 0.902. The molecule has 4 heteroatoms. The Labute approximate surface area is 176 Å². The molecule has 0 saturated carbocycles. The molecule has 1 aromatic heterocycles. The van der Waals surface area contributed by atoms with Crippen molar-refractivity contribution in [2.45, 2.75) is 6.92 Å². The molecule has 0 aliphatic heterocycles. The van der Waals surface area contributed by atoms with Crippen LogP contribution in [0.2, 0.25) is 0 Å². The van der Waals surface area contributed by atoms with Crippen molar-refractivity contribution in [1.82, 2.24) is 0 Å². The van der Waals surface area contributed by atoms with E-state index in [4.69, 9.17) is 4.74 Å². The summed E-state index contributed by atoms with van der Waals surface area (Å²) < 4.78 is 9.07. The highest BCUT2D eigenvalue weighted by Crippen LogP contribution is 2.26. The Balaban J connectivity index is 1.49. The predicted octanol–water partition coefficient (Wildman–Crippen LogP) is 6.06. The highest BCUT2D eigenvalue weighted by molar-refractivity contribution is 7.18. The molecule has 146 valence electrons. The topological polar surface area (TPSA) is 16.4 Å². The number of nitrogens with zero attached hydrogens (tertiary/aromatic N) is 2. The lowest BCUT2D eigenvalue weighted by Crippen LogP contribution is -2.28. The van der Waals surface area contributed by atoms with Crippen molar-refractivity contribution in [3.63, 3.8) is 0 Å². The summed E-state index contributed by atoms with van der Waals surface area (Å²) >= 11 is 1.81. The monoisotopic (exact) mass is 401 g/mol. The molecule has 0 amide bonds. The van der Waals surface area contributed by atoms with Crippen molar-refractivity contribution in [3.8, 4) is 5.75 Å². The Kier molecular flexibility index (Phi) is 5.63. The van der Waals surface area contributed by atoms with Gasteiger partial charge in [0.25, 0.3) is 5.01 Å². The van der Waals surface area contributed by atoms with Gasteiger partial charge in [-0.1, -0.05) is 35.6 Å². The van der Waals surface area contributed by atoms with E-state index < -0.39 is 0 Å². The minimum atomic E-state index is 0.684. The fourth-order valence-corrected chi connectivity index (χ4v) is 4.38. The molecule has 4 aromatic rings. The number of hydrogen-bond acceptors (Lipinski definition) is 3. The first-order valence-corrected chi connectivity index (χ1v) is 10.6. The first-order valence-electron chi connectivity index (χ1n) is 9.78. The highest BCUT2D eigenvalue weighted by Gasteiger charge is 2.13. The fourth-order valence-electron chi connectivity index (χ4n) is 3.32. The first kappa shape index (κ1) is 19.2. The van der Waals surface area contributed by atoms with E-state index in [0.717, 1.165) is 17.1 Å². The third-order valence-corrected chi connectivity index (χ3v) is 6.19. The summed E-state index contributed by atoms with van der Waals surface area (Å²) in [5.41, 5.74) is 4.74. The number of thiazole rings is 1. The molecule has 0 N–H and O–H groups in total. The van der Waals surface area contributed by atoms with Crippen LogP contribution in [0.15, 0.2) is 72.8 Å². The molecule has 0 saturated heterocycles. The molecule has 3 aromatic carbocycles. The van der Waals surface area contributed by atoms with Crippen LogP contribution in [0.4, 0.5) is 11.4 Å². The zero-order valence-corrected chi connectivity index (χ0v) is 17.8. The number of ether oxygens (including phenoxy) is 1. The minimum absolute atomic E-state index is 0.684. The number of rotatable bonds is 6. The van der Waals surface area contributed by atoms with Crippen LogP contribution in [0.25, 0.3) is 22.4 Å². The lowest BCUT2D eigenvalue weighted by molar-refractivity contribution is -0.642. The molecule has 0 aliphatic carbocycles. The predicted molar refractivity (Wildman–Crippen MR) is 124 cm³/mol. The van der Waals surface area contributed by atoms with Gasteiger partial charge in [-0.2, -0.15) is 4.57 Å². The lowest BCUT2D eigenvalue weighted by atomic mass is 10.1. The number of aryl methyl sites for hydroxylation is 1. The van der Waals surface area contributed by atoms with E-state index in [1.807, 2.05) is 30.4 Å². The number of anilines is 2. The van der Waals surface area contributed by atoms with Crippen molar-refractivity contribution in [2.75, 3.05) is 18.6 Å². The maximum atomic E-state index is 5.53. The maximum absolute atomic E-state index is 5.53. The summed E-state index contributed by atoms with van der Waals surface area (Å²) in [5, 5.41) is 1.24. The first-order chi connectivity index (χ1) is 14.2. The smallest absolute Gasteiger partial charge is 0.262 e. The summed E-state index contributed by atoms with van der Waals surface area (Å²) in [6.45, 7) is 2.68. The Bertz CT molecular complexity index is 1130. The molecule has 3 nitrogen and oxygen atoms in total. The van der Waals surface area contributed by atoms with Crippen molar-refractivity contribution in [2.24, 2.45) is 7.05 Å². The number of benzene rings is 3. The van der Waals surface area contributed by atoms with Gasteiger partial charge in [-0.3, -0.25) is 0 Å². The number of para-hydroxylation sites is 1. The van der Waals surface area contributed by atoms with Crippen molar-refractivity contribution in [3.05, 3.63) is 83.4 Å². The van der Waals surface area contributed by atoms with Gasteiger partial charge in [0.05, 0.1) is 6.61 Å². The van der Waals surface area contributed by atoms with Gasteiger partial charge in [-0.05, 0) is 61.0 Å². The SMILES string of the molecule is CCOc1ccc(N(C)c2ccc(C=Cc3sc4ccccc4[n+]3C)cc2)cc1. The Morgan fingerprint density at radius 2 is 1.55 bits per heavy atom. The van der Waals surface area contributed by atoms with Gasteiger partial charge in [0.15, 0.2) is 0 Å². The van der Waals surface area contributed by atoms with Gasteiger partial charge in [-0.25, -0.2) is 0 Å². The van der Waals surface area contributed by atoms with Crippen LogP contribution in [0.3, 0.4) is 0 Å². The second-order valence-electron chi connectivity index (χ2n) is 6.88. The summed E-state index contributed by atoms with van der Waals surface area (Å²) in [7, 11) is 4.20. The van der Waals surface area contributed by atoms with Crippen molar-refractivity contribution >= 4 is 45.1 Å². The van der Waals surface area contributed by atoms with E-state index in [-0.39, 0.29) is 0 Å². The molecule has 4 rings (SSSR count). The number of fused-ring (bicyclic) bond motifs is 1. The fraction of sp³-hybridized carbons (Fsp3) is 0.160. The van der Waals surface area contributed by atoms with Crippen molar-refractivity contribution in [1.29, 1.82) is 0 Å². The second-order valence-corrected chi connectivity index (χ2v) is 7.94. The molecular formula is C25H25N2OS+. The standard InChI is InChI=1S/C25H25N2OS/c1-4-28-22-16-14-21(15-17-22)26(2)20-12-9-19(10-13-20)11-18-25-27(3)23-7-5-6-8-24(23)29-25/h5-18H,4H2,1-3H3/q+1. The molecule has 1 heterocycles. The average molecular weight is 402 g/mol.